The van der Waals surface area contributed by atoms with Crippen molar-refractivity contribution >= 4 is 24.8 Å². The molecule has 0 aromatic heterocycles. The first kappa shape index (κ1) is 32.3. The Balaban J connectivity index is -0.000000427. The molecule has 0 saturated heterocycles. The van der Waals surface area contributed by atoms with Gasteiger partial charge in [0.05, 0.1) is 0 Å². The van der Waals surface area contributed by atoms with E-state index in [1.165, 1.54) is 22.4 Å². The van der Waals surface area contributed by atoms with Crippen molar-refractivity contribution in [3.05, 3.63) is 52.7 Å². The molecule has 0 bridgehead atoms. The zero-order chi connectivity index (χ0) is 19.6. The zero-order valence-electron chi connectivity index (χ0n) is 19.1. The molecule has 0 heterocycles. The molecule has 1 aliphatic rings. The molecule has 1 aromatic carbocycles. The SMILES string of the molecule is CC(C)(C)c1cc(O)cc(C(C)(C)C)c1.CC1=CC(N(C)C)=[C-]C1C.Cl.Cl.[Ti]. The molecule has 1 atom stereocenters. The number of phenols is 1. The van der Waals surface area contributed by atoms with E-state index in [0.717, 1.165) is 0 Å². The Morgan fingerprint density at radius 3 is 1.50 bits per heavy atom. The molecule has 28 heavy (non-hydrogen) atoms. The summed E-state index contributed by atoms with van der Waals surface area (Å²) in [5.41, 5.74) is 5.16. The summed E-state index contributed by atoms with van der Waals surface area (Å²) in [6.45, 7) is 17.3. The van der Waals surface area contributed by atoms with E-state index in [4.69, 9.17) is 0 Å². The third kappa shape index (κ3) is 9.88. The summed E-state index contributed by atoms with van der Waals surface area (Å²) in [6, 6.07) is 5.91. The van der Waals surface area contributed by atoms with Crippen LogP contribution in [-0.4, -0.2) is 24.1 Å². The third-order valence-corrected chi connectivity index (χ3v) is 4.54. The fourth-order valence-electron chi connectivity index (χ4n) is 2.45. The van der Waals surface area contributed by atoms with Gasteiger partial charge in [0.1, 0.15) is 5.75 Å². The molecule has 2 nitrogen and oxygen atoms in total. The fraction of sp³-hybridized carbons (Fsp3) is 0.565. The fourth-order valence-corrected chi connectivity index (χ4v) is 2.45. The zero-order valence-corrected chi connectivity index (χ0v) is 22.3. The predicted octanol–water partition coefficient (Wildman–Crippen LogP) is 6.66. The van der Waals surface area contributed by atoms with Gasteiger partial charge in [0, 0.05) is 35.8 Å². The summed E-state index contributed by atoms with van der Waals surface area (Å²) in [6.07, 6.45) is 5.54. The van der Waals surface area contributed by atoms with Gasteiger partial charge in [-0.2, -0.15) is 11.6 Å². The van der Waals surface area contributed by atoms with Crippen LogP contribution < -0.4 is 0 Å². The molecule has 0 spiro atoms. The minimum absolute atomic E-state index is 0. The molecule has 1 aromatic rings. The van der Waals surface area contributed by atoms with E-state index >= 15 is 0 Å². The van der Waals surface area contributed by atoms with E-state index in [2.05, 4.69) is 78.5 Å². The summed E-state index contributed by atoms with van der Waals surface area (Å²) >= 11 is 0. The summed E-state index contributed by atoms with van der Waals surface area (Å²) < 4.78 is 0. The Hall–Kier alpha value is -0.406. The minimum atomic E-state index is 0. The molecular weight excluding hydrogens is 425 g/mol. The Labute approximate surface area is 200 Å². The average molecular weight is 463 g/mol. The smallest absolute Gasteiger partial charge is 0.116 e. The van der Waals surface area contributed by atoms with Gasteiger partial charge in [0.15, 0.2) is 0 Å². The molecule has 1 aliphatic carbocycles. The van der Waals surface area contributed by atoms with Crippen molar-refractivity contribution in [3.63, 3.8) is 0 Å². The Morgan fingerprint density at radius 1 is 0.893 bits per heavy atom. The van der Waals surface area contributed by atoms with Crippen LogP contribution in [0.25, 0.3) is 0 Å². The predicted molar refractivity (Wildman–Crippen MR) is 123 cm³/mol. The molecule has 0 saturated carbocycles. The van der Waals surface area contributed by atoms with E-state index in [0.29, 0.717) is 11.7 Å². The van der Waals surface area contributed by atoms with Crippen LogP contribution in [0, 0.1) is 12.0 Å². The van der Waals surface area contributed by atoms with Crippen molar-refractivity contribution in [2.75, 3.05) is 14.1 Å². The molecule has 1 N–H and O–H groups in total. The molecular formula is C23H38Cl2NOTi-. The first-order valence-corrected chi connectivity index (χ1v) is 9.06. The van der Waals surface area contributed by atoms with Crippen LogP contribution in [0.15, 0.2) is 35.5 Å². The molecule has 0 amide bonds. The van der Waals surface area contributed by atoms with Crippen LogP contribution in [0.4, 0.5) is 0 Å². The second-order valence-corrected chi connectivity index (χ2v) is 9.30. The third-order valence-electron chi connectivity index (χ3n) is 4.54. The van der Waals surface area contributed by atoms with E-state index in [-0.39, 0.29) is 57.4 Å². The number of halogens is 2. The van der Waals surface area contributed by atoms with Crippen LogP contribution in [0.2, 0.25) is 0 Å². The van der Waals surface area contributed by atoms with Crippen molar-refractivity contribution in [1.29, 1.82) is 0 Å². The van der Waals surface area contributed by atoms with Crippen LogP contribution in [0.1, 0.15) is 66.5 Å². The van der Waals surface area contributed by atoms with Crippen molar-refractivity contribution in [2.45, 2.75) is 66.2 Å². The molecule has 5 heteroatoms. The second kappa shape index (κ2) is 12.3. The Morgan fingerprint density at radius 2 is 1.29 bits per heavy atom. The van der Waals surface area contributed by atoms with E-state index in [9.17, 15) is 5.11 Å². The van der Waals surface area contributed by atoms with Gasteiger partial charge in [0.25, 0.3) is 0 Å². The maximum absolute atomic E-state index is 9.72. The maximum atomic E-state index is 9.72. The Kier molecular flexibility index (Phi) is 14.2. The molecule has 0 aliphatic heterocycles. The summed E-state index contributed by atoms with van der Waals surface area (Å²) in [5, 5.41) is 9.72. The van der Waals surface area contributed by atoms with Crippen LogP contribution >= 0.6 is 24.8 Å². The molecule has 0 fully saturated rings. The van der Waals surface area contributed by atoms with Gasteiger partial charge < -0.3 is 10.0 Å². The van der Waals surface area contributed by atoms with Crippen molar-refractivity contribution in [2.24, 2.45) is 5.92 Å². The molecule has 2 rings (SSSR count). The van der Waals surface area contributed by atoms with Gasteiger partial charge in [-0.05, 0) is 34.1 Å². The topological polar surface area (TPSA) is 23.5 Å². The number of phenolic OH excluding ortho intramolecular Hbond substituents is 1. The average Bonchev–Trinajstić information content (AvgIpc) is 2.77. The van der Waals surface area contributed by atoms with Gasteiger partial charge in [-0.3, -0.25) is 0 Å². The summed E-state index contributed by atoms with van der Waals surface area (Å²) in [4.78, 5) is 2.09. The number of nitrogens with zero attached hydrogens (tertiary/aromatic N) is 1. The van der Waals surface area contributed by atoms with E-state index in [1.807, 2.05) is 26.2 Å². The van der Waals surface area contributed by atoms with Crippen molar-refractivity contribution in [1.82, 2.24) is 4.90 Å². The van der Waals surface area contributed by atoms with E-state index in [1.54, 1.807) is 0 Å². The summed E-state index contributed by atoms with van der Waals surface area (Å²) in [7, 11) is 4.09. The summed E-state index contributed by atoms with van der Waals surface area (Å²) in [5.74, 6) is 0.879. The number of hydrogen-bond donors (Lipinski definition) is 1. The van der Waals surface area contributed by atoms with Gasteiger partial charge in [-0.1, -0.05) is 67.4 Å². The van der Waals surface area contributed by atoms with E-state index < -0.39 is 0 Å². The number of benzene rings is 1. The van der Waals surface area contributed by atoms with Crippen LogP contribution in [-0.2, 0) is 32.5 Å². The quantitative estimate of drug-likeness (QED) is 0.372. The number of rotatable bonds is 1. The minimum Gasteiger partial charge on any atom is -0.508 e. The van der Waals surface area contributed by atoms with Crippen LogP contribution in [0.3, 0.4) is 0 Å². The van der Waals surface area contributed by atoms with Gasteiger partial charge in [0.2, 0.25) is 0 Å². The largest absolute Gasteiger partial charge is 0.508 e. The van der Waals surface area contributed by atoms with Crippen molar-refractivity contribution < 1.29 is 26.8 Å². The maximum Gasteiger partial charge on any atom is 0.116 e. The molecule has 0 radical (unpaired) electrons. The standard InChI is InChI=1S/C14H22O.C9H14N.2ClH.Ti/c1-13(2,3)10-7-11(14(4,5)6)9-12(15)8-10;1-7-5-9(10(3)4)6-8(7)2;;;/h7-9,15H,1-6H3;5,8H,1-4H3;2*1H;/q;-1;;;. The normalized spacial score (nSPS) is 15.6. The van der Waals surface area contributed by atoms with Gasteiger partial charge >= 0.3 is 0 Å². The number of hydrogen-bond acceptors (Lipinski definition) is 2. The van der Waals surface area contributed by atoms with Gasteiger partial charge in [-0.15, -0.1) is 30.5 Å². The number of allylic oxidation sites excluding steroid dienone is 3. The Bertz CT molecular complexity index is 636. The number of likely N-dealkylation sites (N-methyl/N-ethyl adjacent to an activating group) is 1. The second-order valence-electron chi connectivity index (χ2n) is 9.30. The monoisotopic (exact) mass is 462 g/mol. The van der Waals surface area contributed by atoms with Crippen LogP contribution in [0.5, 0.6) is 5.75 Å². The molecule has 1 unspecified atom stereocenters. The first-order valence-electron chi connectivity index (χ1n) is 9.06. The van der Waals surface area contributed by atoms with Gasteiger partial charge in [-0.25, -0.2) is 6.08 Å². The number of aromatic hydroxyl groups is 1. The van der Waals surface area contributed by atoms with Crippen molar-refractivity contribution in [3.8, 4) is 5.75 Å². The first-order chi connectivity index (χ1) is 11.2. The molecule has 160 valence electrons.